The molecule has 1 aliphatic heterocycles. The van der Waals surface area contributed by atoms with E-state index in [1.54, 1.807) is 4.90 Å². The number of hydrogen-bond acceptors (Lipinski definition) is 3. The summed E-state index contributed by atoms with van der Waals surface area (Å²) in [6, 6.07) is 9.70. The van der Waals surface area contributed by atoms with Gasteiger partial charge in [0.15, 0.2) is 0 Å². The number of ether oxygens (including phenoxy) is 1. The molecule has 1 aromatic carbocycles. The smallest absolute Gasteiger partial charge is 0.410 e. The molecule has 0 radical (unpaired) electrons. The summed E-state index contributed by atoms with van der Waals surface area (Å²) in [6.45, 7) is 1.73. The summed E-state index contributed by atoms with van der Waals surface area (Å²) in [5, 5.41) is 0. The second-order valence-corrected chi connectivity index (χ2v) is 5.05. The lowest BCUT2D eigenvalue weighted by Crippen LogP contribution is -2.37. The van der Waals surface area contributed by atoms with E-state index in [9.17, 15) is 4.79 Å². The minimum Gasteiger partial charge on any atom is -0.445 e. The van der Waals surface area contributed by atoms with Crippen molar-refractivity contribution in [2.75, 3.05) is 13.1 Å². The van der Waals surface area contributed by atoms with E-state index in [4.69, 9.17) is 10.5 Å². The molecule has 0 bridgehead atoms. The van der Waals surface area contributed by atoms with Gasteiger partial charge >= 0.3 is 6.09 Å². The molecule has 2 N–H and O–H groups in total. The third-order valence-corrected chi connectivity index (χ3v) is 3.67. The molecule has 1 saturated carbocycles. The minimum atomic E-state index is -0.245. The summed E-state index contributed by atoms with van der Waals surface area (Å²) >= 11 is 0. The molecule has 1 aromatic rings. The zero-order valence-electron chi connectivity index (χ0n) is 9.63. The third kappa shape index (κ3) is 2.00. The molecule has 4 heteroatoms. The number of benzene rings is 1. The molecule has 2 atom stereocenters. The first-order chi connectivity index (χ1) is 8.17. The van der Waals surface area contributed by atoms with Crippen LogP contribution in [0.3, 0.4) is 0 Å². The van der Waals surface area contributed by atoms with Gasteiger partial charge in [-0.25, -0.2) is 4.79 Å². The molecule has 3 rings (SSSR count). The van der Waals surface area contributed by atoms with Crippen LogP contribution in [0.2, 0.25) is 0 Å². The molecule has 17 heavy (non-hydrogen) atoms. The predicted octanol–water partition coefficient (Wildman–Crippen LogP) is 1.36. The molecule has 0 aromatic heterocycles. The second kappa shape index (κ2) is 3.74. The highest BCUT2D eigenvalue weighted by molar-refractivity contribution is 5.69. The van der Waals surface area contributed by atoms with Crippen molar-refractivity contribution < 1.29 is 9.53 Å². The van der Waals surface area contributed by atoms with Crippen molar-refractivity contribution in [3.8, 4) is 0 Å². The van der Waals surface area contributed by atoms with E-state index in [2.05, 4.69) is 0 Å². The topological polar surface area (TPSA) is 55.6 Å². The predicted molar refractivity (Wildman–Crippen MR) is 63.2 cm³/mol. The van der Waals surface area contributed by atoms with E-state index in [-0.39, 0.29) is 11.6 Å². The summed E-state index contributed by atoms with van der Waals surface area (Å²) in [5.74, 6) is 0.492. The lowest BCUT2D eigenvalue weighted by molar-refractivity contribution is 0.0998. The summed E-state index contributed by atoms with van der Waals surface area (Å²) in [5.41, 5.74) is 6.94. The van der Waals surface area contributed by atoms with E-state index >= 15 is 0 Å². The summed E-state index contributed by atoms with van der Waals surface area (Å²) in [4.78, 5) is 13.5. The van der Waals surface area contributed by atoms with Crippen molar-refractivity contribution in [2.45, 2.75) is 18.6 Å². The van der Waals surface area contributed by atoms with E-state index in [0.717, 1.165) is 18.5 Å². The number of piperidine rings is 1. The number of carbonyl (C=O) groups is 1. The Kier molecular flexibility index (Phi) is 2.33. The van der Waals surface area contributed by atoms with Gasteiger partial charge in [-0.15, -0.1) is 0 Å². The van der Waals surface area contributed by atoms with Gasteiger partial charge in [0.2, 0.25) is 0 Å². The number of likely N-dealkylation sites (tertiary alicyclic amines) is 1. The van der Waals surface area contributed by atoms with Crippen LogP contribution in [0.4, 0.5) is 4.79 Å². The van der Waals surface area contributed by atoms with Gasteiger partial charge in [0.1, 0.15) is 6.61 Å². The molecule has 90 valence electrons. The molecule has 4 nitrogen and oxygen atoms in total. The van der Waals surface area contributed by atoms with Crippen molar-refractivity contribution in [1.29, 1.82) is 0 Å². The SMILES string of the molecule is N[C@]12C[C@@H]1CN(C(=O)OCc1ccccc1)C2. The lowest BCUT2D eigenvalue weighted by Gasteiger charge is -2.18. The van der Waals surface area contributed by atoms with Crippen LogP contribution in [0, 0.1) is 5.92 Å². The Balaban J connectivity index is 1.51. The van der Waals surface area contributed by atoms with Crippen LogP contribution in [-0.2, 0) is 11.3 Å². The molecule has 0 spiro atoms. The average Bonchev–Trinajstić information content (AvgIpc) is 2.86. The fourth-order valence-corrected chi connectivity index (χ4v) is 2.48. The summed E-state index contributed by atoms with van der Waals surface area (Å²) < 4.78 is 5.26. The van der Waals surface area contributed by atoms with Crippen LogP contribution in [0.25, 0.3) is 0 Å². The molecular formula is C13H16N2O2. The number of carbonyl (C=O) groups excluding carboxylic acids is 1. The van der Waals surface area contributed by atoms with E-state index in [0.29, 0.717) is 19.1 Å². The number of rotatable bonds is 2. The lowest BCUT2D eigenvalue weighted by atomic mass is 10.2. The van der Waals surface area contributed by atoms with Crippen molar-refractivity contribution in [2.24, 2.45) is 11.7 Å². The van der Waals surface area contributed by atoms with E-state index < -0.39 is 0 Å². The number of nitrogens with zero attached hydrogens (tertiary/aromatic N) is 1. The number of fused-ring (bicyclic) bond motifs is 1. The van der Waals surface area contributed by atoms with Crippen molar-refractivity contribution in [3.05, 3.63) is 35.9 Å². The van der Waals surface area contributed by atoms with Gasteiger partial charge in [0.05, 0.1) is 0 Å². The maximum absolute atomic E-state index is 11.8. The fourth-order valence-electron chi connectivity index (χ4n) is 2.48. The highest BCUT2D eigenvalue weighted by Gasteiger charge is 2.58. The van der Waals surface area contributed by atoms with Crippen molar-refractivity contribution in [1.82, 2.24) is 4.90 Å². The van der Waals surface area contributed by atoms with Crippen LogP contribution in [0.5, 0.6) is 0 Å². The molecule has 2 fully saturated rings. The Morgan fingerprint density at radius 2 is 2.24 bits per heavy atom. The molecular weight excluding hydrogens is 216 g/mol. The summed E-state index contributed by atoms with van der Waals surface area (Å²) in [7, 11) is 0. The van der Waals surface area contributed by atoms with Crippen LogP contribution in [0.1, 0.15) is 12.0 Å². The number of hydrogen-bond donors (Lipinski definition) is 1. The first kappa shape index (κ1) is 10.6. The van der Waals surface area contributed by atoms with E-state index in [1.165, 1.54) is 0 Å². The molecule has 2 aliphatic rings. The molecule has 1 saturated heterocycles. The Morgan fingerprint density at radius 1 is 1.47 bits per heavy atom. The maximum atomic E-state index is 11.8. The standard InChI is InChI=1S/C13H16N2O2/c14-13-6-11(13)7-15(9-13)12(16)17-8-10-4-2-1-3-5-10/h1-5,11H,6-9,14H2/t11-,13+/m1/s1. The second-order valence-electron chi connectivity index (χ2n) is 5.05. The van der Waals surface area contributed by atoms with E-state index in [1.807, 2.05) is 30.3 Å². The Hall–Kier alpha value is -1.55. The van der Waals surface area contributed by atoms with Crippen LogP contribution in [0.15, 0.2) is 30.3 Å². The first-order valence-electron chi connectivity index (χ1n) is 5.92. The third-order valence-electron chi connectivity index (χ3n) is 3.67. The quantitative estimate of drug-likeness (QED) is 0.837. The van der Waals surface area contributed by atoms with Crippen molar-refractivity contribution in [3.63, 3.8) is 0 Å². The van der Waals surface area contributed by atoms with Gasteiger partial charge in [0.25, 0.3) is 0 Å². The fraction of sp³-hybridized carbons (Fsp3) is 0.462. The first-order valence-corrected chi connectivity index (χ1v) is 5.92. The normalized spacial score (nSPS) is 29.9. The molecule has 1 amide bonds. The zero-order valence-corrected chi connectivity index (χ0v) is 9.63. The molecule has 1 aliphatic carbocycles. The highest BCUT2D eigenvalue weighted by Crippen LogP contribution is 2.47. The highest BCUT2D eigenvalue weighted by atomic mass is 16.6. The molecule has 0 unspecified atom stereocenters. The zero-order chi connectivity index (χ0) is 11.9. The Morgan fingerprint density at radius 3 is 2.88 bits per heavy atom. The Labute approximate surface area is 100 Å². The molecule has 1 heterocycles. The van der Waals surface area contributed by atoms with Gasteiger partial charge in [-0.2, -0.15) is 0 Å². The monoisotopic (exact) mass is 232 g/mol. The largest absolute Gasteiger partial charge is 0.445 e. The number of amides is 1. The van der Waals surface area contributed by atoms with Gasteiger partial charge in [-0.05, 0) is 17.9 Å². The maximum Gasteiger partial charge on any atom is 0.410 e. The van der Waals surface area contributed by atoms with Gasteiger partial charge < -0.3 is 15.4 Å². The van der Waals surface area contributed by atoms with Gasteiger partial charge in [-0.3, -0.25) is 0 Å². The average molecular weight is 232 g/mol. The van der Waals surface area contributed by atoms with Crippen molar-refractivity contribution >= 4 is 6.09 Å². The van der Waals surface area contributed by atoms with Gasteiger partial charge in [0, 0.05) is 18.6 Å². The Bertz CT molecular complexity index is 434. The van der Waals surface area contributed by atoms with Gasteiger partial charge in [-0.1, -0.05) is 30.3 Å². The summed E-state index contributed by atoms with van der Waals surface area (Å²) in [6.07, 6.45) is 0.806. The van der Waals surface area contributed by atoms with Crippen LogP contribution >= 0.6 is 0 Å². The number of nitrogens with two attached hydrogens (primary N) is 1. The minimum absolute atomic E-state index is 0.105. The van der Waals surface area contributed by atoms with Crippen LogP contribution in [-0.4, -0.2) is 29.6 Å². The van der Waals surface area contributed by atoms with Crippen LogP contribution < -0.4 is 5.73 Å².